The lowest BCUT2D eigenvalue weighted by molar-refractivity contribution is -0.172. The second kappa shape index (κ2) is 17.2. The minimum absolute atomic E-state index is 0.0858. The van der Waals surface area contributed by atoms with Crippen LogP contribution in [0.1, 0.15) is 84.5 Å². The largest absolute Gasteiger partial charge is 0.487 e. The normalized spacial score (nSPS) is 15.4. The Morgan fingerprint density at radius 2 is 1.55 bits per heavy atom. The van der Waals surface area contributed by atoms with E-state index < -0.39 is 17.2 Å². The number of carbonyl (C=O) groups is 2. The molecule has 13 nitrogen and oxygen atoms in total. The highest BCUT2D eigenvalue weighted by Crippen LogP contribution is 2.41. The van der Waals surface area contributed by atoms with Crippen molar-refractivity contribution in [2.75, 3.05) is 0 Å². The summed E-state index contributed by atoms with van der Waals surface area (Å²) in [4.78, 5) is 50.5. The second-order valence-corrected chi connectivity index (χ2v) is 15.8. The minimum Gasteiger partial charge on any atom is -0.487 e. The molecule has 0 fully saturated rings. The van der Waals surface area contributed by atoms with Crippen LogP contribution in [0.4, 0.5) is 0 Å². The van der Waals surface area contributed by atoms with Crippen LogP contribution in [0.25, 0.3) is 22.3 Å². The van der Waals surface area contributed by atoms with Gasteiger partial charge in [0.05, 0.1) is 35.2 Å². The average Bonchev–Trinajstić information content (AvgIpc) is 3.92. The predicted molar refractivity (Wildman–Crippen MR) is 230 cm³/mol. The number of aromatic nitrogens is 5. The van der Waals surface area contributed by atoms with Crippen LogP contribution in [0.2, 0.25) is 0 Å². The number of amides is 1. The highest BCUT2D eigenvalue weighted by atomic mass is 16.7. The molecule has 0 saturated carbocycles. The first-order chi connectivity index (χ1) is 30.3. The van der Waals surface area contributed by atoms with Gasteiger partial charge in [0.15, 0.2) is 11.2 Å². The van der Waals surface area contributed by atoms with Crippen molar-refractivity contribution in [2.24, 2.45) is 0 Å². The molecule has 4 aromatic carbocycles. The molecule has 1 atom stereocenters. The van der Waals surface area contributed by atoms with Crippen LogP contribution >= 0.6 is 0 Å². The summed E-state index contributed by atoms with van der Waals surface area (Å²) in [6.45, 7) is 2.76. The molecule has 0 aliphatic carbocycles. The Morgan fingerprint density at radius 3 is 2.23 bits per heavy atom. The maximum Gasteiger partial charge on any atom is 0.343 e. The number of pyridine rings is 2. The van der Waals surface area contributed by atoms with Crippen LogP contribution in [0.5, 0.6) is 5.75 Å². The number of cyclic esters (lactones) is 1. The van der Waals surface area contributed by atoms with Crippen molar-refractivity contribution < 1.29 is 29.0 Å². The molecule has 0 saturated heterocycles. The Balaban J connectivity index is 0.757. The number of carbonyl (C=O) groups excluding carboxylic acids is 2. The topological polar surface area (TPSA) is 160 Å². The van der Waals surface area contributed by atoms with Crippen LogP contribution in [0, 0.1) is 0 Å². The van der Waals surface area contributed by atoms with Gasteiger partial charge in [-0.15, -0.1) is 5.10 Å². The van der Waals surface area contributed by atoms with Gasteiger partial charge >= 0.3 is 5.97 Å². The highest BCUT2D eigenvalue weighted by molar-refractivity contribution is 5.87. The monoisotopic (exact) mass is 830 g/mol. The predicted octanol–water partition coefficient (Wildman–Crippen LogP) is 7.24. The summed E-state index contributed by atoms with van der Waals surface area (Å²) < 4.78 is 14.7. The number of esters is 1. The number of hydrogen-bond donors (Lipinski definition) is 2. The molecule has 7 aromatic rings. The van der Waals surface area contributed by atoms with E-state index in [0.29, 0.717) is 53.5 Å². The van der Waals surface area contributed by atoms with Gasteiger partial charge in [-0.1, -0.05) is 116 Å². The summed E-state index contributed by atoms with van der Waals surface area (Å²) in [7, 11) is 0. The fraction of sp³-hybridized carbons (Fsp3) is 0.265. The number of nitrogens with zero attached hydrogens (tertiary/aromatic N) is 5. The Labute approximate surface area is 357 Å². The molecule has 5 heterocycles. The van der Waals surface area contributed by atoms with E-state index in [2.05, 4.69) is 15.8 Å². The van der Waals surface area contributed by atoms with E-state index >= 15 is 0 Å². The van der Waals surface area contributed by atoms with Crippen molar-refractivity contribution in [2.45, 2.75) is 83.0 Å². The van der Waals surface area contributed by atoms with Crippen LogP contribution < -0.4 is 15.8 Å². The van der Waals surface area contributed by atoms with Gasteiger partial charge in [0.2, 0.25) is 5.91 Å². The molecule has 0 unspecified atom stereocenters. The molecule has 0 bridgehead atoms. The Hall–Kier alpha value is -6.96. The van der Waals surface area contributed by atoms with Gasteiger partial charge in [0.25, 0.3) is 5.56 Å². The number of hydrogen-bond acceptors (Lipinski definition) is 10. The molecule has 314 valence electrons. The van der Waals surface area contributed by atoms with Gasteiger partial charge in [0.1, 0.15) is 24.7 Å². The molecule has 1 amide bonds. The lowest BCUT2D eigenvalue weighted by atomic mass is 9.80. The first kappa shape index (κ1) is 40.4. The van der Waals surface area contributed by atoms with Crippen molar-refractivity contribution in [3.05, 3.63) is 177 Å². The number of rotatable bonds is 16. The summed E-state index contributed by atoms with van der Waals surface area (Å²) in [6.07, 6.45) is 5.71. The van der Waals surface area contributed by atoms with E-state index in [-0.39, 0.29) is 31.1 Å². The number of nitrogens with one attached hydrogen (secondary N) is 1. The van der Waals surface area contributed by atoms with E-state index in [0.717, 1.165) is 58.8 Å². The van der Waals surface area contributed by atoms with E-state index in [1.54, 1.807) is 17.6 Å². The van der Waals surface area contributed by atoms with Crippen LogP contribution in [0.3, 0.4) is 0 Å². The number of unbranched alkanes of at least 4 members (excludes halogenated alkanes) is 3. The summed E-state index contributed by atoms with van der Waals surface area (Å²) in [5.74, 6) is -0.280. The van der Waals surface area contributed by atoms with Crippen molar-refractivity contribution >= 4 is 22.8 Å². The van der Waals surface area contributed by atoms with E-state index in [1.807, 2.05) is 126 Å². The molecule has 0 radical (unpaired) electrons. The van der Waals surface area contributed by atoms with Crippen LogP contribution in [-0.4, -0.2) is 41.5 Å². The number of hydroxylamine groups is 1. The molecule has 2 aliphatic heterocycles. The van der Waals surface area contributed by atoms with Gasteiger partial charge < -0.3 is 19.1 Å². The summed E-state index contributed by atoms with van der Waals surface area (Å²) in [5, 5.41) is 20.6. The van der Waals surface area contributed by atoms with Crippen molar-refractivity contribution in [1.29, 1.82) is 0 Å². The standard InChI is InChI=1S/C49H46N6O7/c1-2-48(59)41-28-43-45-34(29-55(43)46(57)40(41)32-61-47(48)58)26-33-27-39(23-24-42(33)50-45)60-31-38-30-54(53-51-38)25-15-4-3-14-22-44(56)52-62-49(35-16-8-5-9-17-35,36-18-10-6-11-19-36)37-20-12-7-13-21-37/h5-13,16-21,23-24,26-28,30,59H,2-4,14-15,22,25,29,31-32H2,1H3,(H,52,56)/t48-/m0/s1. The third kappa shape index (κ3) is 7.65. The van der Waals surface area contributed by atoms with Crippen molar-refractivity contribution in [3.8, 4) is 17.1 Å². The Morgan fingerprint density at radius 1 is 0.871 bits per heavy atom. The van der Waals surface area contributed by atoms with Gasteiger partial charge in [-0.3, -0.25) is 19.1 Å². The van der Waals surface area contributed by atoms with Gasteiger partial charge in [-0.25, -0.2) is 15.3 Å². The van der Waals surface area contributed by atoms with Gasteiger partial charge in [0, 0.05) is 29.5 Å². The number of fused-ring (bicyclic) bond motifs is 5. The first-order valence-electron chi connectivity index (χ1n) is 21.0. The van der Waals surface area contributed by atoms with Crippen molar-refractivity contribution in [1.82, 2.24) is 30.0 Å². The molecular weight excluding hydrogens is 785 g/mol. The SMILES string of the molecule is CC[C@@]1(O)C(=O)OCc2c1cc1n(c2=O)Cc2cc3cc(OCc4cn(CCCCCCC(=O)NOC(c5ccccc5)(c5ccccc5)c5ccccc5)nn4)ccc3nc2-1. The molecule has 2 N–H and O–H groups in total. The fourth-order valence-electron chi connectivity index (χ4n) is 8.52. The number of ether oxygens (including phenoxy) is 2. The van der Waals surface area contributed by atoms with E-state index in [4.69, 9.17) is 19.3 Å². The summed E-state index contributed by atoms with van der Waals surface area (Å²) >= 11 is 0. The third-order valence-electron chi connectivity index (χ3n) is 11.9. The zero-order valence-corrected chi connectivity index (χ0v) is 34.3. The molecule has 62 heavy (non-hydrogen) atoms. The molecule has 9 rings (SSSR count). The number of aliphatic hydroxyl groups is 1. The smallest absolute Gasteiger partial charge is 0.343 e. The zero-order chi connectivity index (χ0) is 42.7. The Kier molecular flexibility index (Phi) is 11.2. The third-order valence-corrected chi connectivity index (χ3v) is 11.9. The molecule has 13 heteroatoms. The summed E-state index contributed by atoms with van der Waals surface area (Å²) in [5.41, 5.74) is 6.39. The maximum atomic E-state index is 13.5. The maximum absolute atomic E-state index is 13.5. The van der Waals surface area contributed by atoms with Crippen LogP contribution in [-0.2, 0) is 56.7 Å². The molecule has 2 aliphatic rings. The quantitative estimate of drug-likeness (QED) is 0.0440. The van der Waals surface area contributed by atoms with E-state index in [9.17, 15) is 19.5 Å². The lowest BCUT2D eigenvalue weighted by Gasteiger charge is -2.35. The average molecular weight is 831 g/mol. The number of benzene rings is 4. The minimum atomic E-state index is -1.87. The molecular formula is C49H46N6O7. The highest BCUT2D eigenvalue weighted by Gasteiger charge is 2.45. The first-order valence-corrected chi connectivity index (χ1v) is 21.0. The fourth-order valence-corrected chi connectivity index (χ4v) is 8.52. The zero-order valence-electron chi connectivity index (χ0n) is 34.3. The number of aryl methyl sites for hydroxylation is 1. The van der Waals surface area contributed by atoms with E-state index in [1.165, 1.54) is 0 Å². The lowest BCUT2D eigenvalue weighted by Crippen LogP contribution is -2.44. The van der Waals surface area contributed by atoms with Crippen molar-refractivity contribution in [3.63, 3.8) is 0 Å². The molecule has 0 spiro atoms. The van der Waals surface area contributed by atoms with Gasteiger partial charge in [-0.2, -0.15) is 0 Å². The summed E-state index contributed by atoms with van der Waals surface area (Å²) in [6, 6.07) is 39.1. The second-order valence-electron chi connectivity index (χ2n) is 15.8. The molecule has 3 aromatic heterocycles. The van der Waals surface area contributed by atoms with Crippen LogP contribution in [0.15, 0.2) is 132 Å². The Bertz CT molecular complexity index is 2710. The van der Waals surface area contributed by atoms with Gasteiger partial charge in [-0.05, 0) is 66.3 Å².